The molecule has 7 N–H and O–H groups in total. The van der Waals surface area contributed by atoms with Crippen LogP contribution in [0.25, 0.3) is 0 Å². The fourth-order valence-electron chi connectivity index (χ4n) is 8.95. The van der Waals surface area contributed by atoms with Crippen LogP contribution in [0.3, 0.4) is 0 Å². The Labute approximate surface area is 476 Å². The number of unbranched alkanes of at least 4 members (excludes halogenated alkanes) is 16. The van der Waals surface area contributed by atoms with Gasteiger partial charge in [-0.1, -0.05) is 200 Å². The second kappa shape index (κ2) is 50.4. The van der Waals surface area contributed by atoms with Crippen molar-refractivity contribution in [3.63, 3.8) is 0 Å². The van der Waals surface area contributed by atoms with E-state index in [2.05, 4.69) is 123 Å². The van der Waals surface area contributed by atoms with Gasteiger partial charge in [-0.2, -0.15) is 0 Å². The van der Waals surface area contributed by atoms with Crippen LogP contribution in [0, 0.1) is 0 Å². The van der Waals surface area contributed by atoms with E-state index >= 15 is 0 Å². The molecular weight excluding hydrogens is 1000 g/mol. The van der Waals surface area contributed by atoms with Crippen molar-refractivity contribution in [2.75, 3.05) is 33.0 Å². The van der Waals surface area contributed by atoms with E-state index in [0.29, 0.717) is 13.0 Å². The lowest BCUT2D eigenvalue weighted by Crippen LogP contribution is -2.61. The number of aliphatic hydroxyl groups excluding tert-OH is 7. The number of ether oxygens (including phenoxy) is 6. The highest BCUT2D eigenvalue weighted by atomic mass is 16.7. The number of allylic oxidation sites excluding steroid dienone is 18. The average molecular weight is 1110 g/mol. The van der Waals surface area contributed by atoms with Crippen molar-refractivity contribution in [3.05, 3.63) is 109 Å². The maximum absolute atomic E-state index is 13.1. The summed E-state index contributed by atoms with van der Waals surface area (Å²) in [7, 11) is 0. The molecular formula is C65H108O14. The van der Waals surface area contributed by atoms with Crippen LogP contribution >= 0.6 is 0 Å². The van der Waals surface area contributed by atoms with Crippen LogP contribution in [-0.4, -0.2) is 142 Å². The Morgan fingerprint density at radius 1 is 0.418 bits per heavy atom. The molecule has 0 aliphatic carbocycles. The third kappa shape index (κ3) is 36.7. The van der Waals surface area contributed by atoms with Crippen molar-refractivity contribution >= 4 is 5.97 Å². The predicted molar refractivity (Wildman–Crippen MR) is 316 cm³/mol. The molecule has 11 unspecified atom stereocenters. The van der Waals surface area contributed by atoms with Crippen molar-refractivity contribution in [2.45, 2.75) is 261 Å². The second-order valence-electron chi connectivity index (χ2n) is 20.8. The zero-order valence-corrected chi connectivity index (χ0v) is 48.6. The van der Waals surface area contributed by atoms with Crippen LogP contribution in [0.1, 0.15) is 194 Å². The Morgan fingerprint density at radius 2 is 0.785 bits per heavy atom. The SMILES string of the molecule is CC/C=C\C/C=C\C/C=C\C/C=C\C/C=C\CCCCCCCCCC(=O)OC(COCCCCCCCCCCC/C=C\C/C=C\C/C=C\C/C=C\CC)COC1OC(COC2OC(CO)C(O)C(O)C2O)C(O)C(O)C1O. The van der Waals surface area contributed by atoms with Gasteiger partial charge in [-0.25, -0.2) is 0 Å². The smallest absolute Gasteiger partial charge is 0.306 e. The topological polar surface area (TPSA) is 214 Å². The molecule has 2 aliphatic heterocycles. The van der Waals surface area contributed by atoms with Crippen molar-refractivity contribution in [2.24, 2.45) is 0 Å². The first kappa shape index (κ1) is 71.8. The van der Waals surface area contributed by atoms with E-state index < -0.39 is 86.7 Å². The Bertz CT molecular complexity index is 1720. The number of carbonyl (C=O) groups excluding carboxylic acids is 1. The molecule has 0 spiro atoms. The standard InChI is InChI=1S/C65H108O14/c1-3-5-7-9-11-13-15-17-19-21-23-25-27-28-30-32-34-36-38-40-42-44-46-48-57(67)77-54(51-74-49-47-45-43-41-39-37-35-33-31-29-26-24-22-20-18-16-14-12-10-8-6-4-2)52-75-64-63(73)61(71)59(69)56(79-64)53-76-65-62(72)60(70)58(68)55(50-66)78-65/h5-8,11-14,17-20,23-26,28,30,54-56,58-66,68-73H,3-4,9-10,15-16,21-22,27,29,31-53H2,1-2H3/b7-5-,8-6-,13-11-,14-12-,19-17-,20-18-,25-23-,26-24-,30-28-. The summed E-state index contributed by atoms with van der Waals surface area (Å²) < 4.78 is 34.4. The fraction of sp³-hybridized carbons (Fsp3) is 0.708. The molecule has 0 amide bonds. The molecule has 0 aromatic carbocycles. The summed E-state index contributed by atoms with van der Waals surface area (Å²) in [5, 5.41) is 72.5. The highest BCUT2D eigenvalue weighted by Crippen LogP contribution is 2.26. The van der Waals surface area contributed by atoms with Crippen LogP contribution in [0.5, 0.6) is 0 Å². The molecule has 0 aromatic rings. The zero-order chi connectivity index (χ0) is 57.2. The van der Waals surface area contributed by atoms with Crippen molar-refractivity contribution < 1.29 is 69.0 Å². The number of rotatable bonds is 48. The minimum Gasteiger partial charge on any atom is -0.457 e. The molecule has 14 nitrogen and oxygen atoms in total. The number of aliphatic hydroxyl groups is 7. The lowest BCUT2D eigenvalue weighted by atomic mass is 9.98. The monoisotopic (exact) mass is 1110 g/mol. The Balaban J connectivity index is 1.71. The quantitative estimate of drug-likeness (QED) is 0.0172. The molecule has 79 heavy (non-hydrogen) atoms. The van der Waals surface area contributed by atoms with E-state index in [1.807, 2.05) is 0 Å². The van der Waals surface area contributed by atoms with E-state index in [1.165, 1.54) is 44.9 Å². The number of carbonyl (C=O) groups is 1. The zero-order valence-electron chi connectivity index (χ0n) is 48.6. The van der Waals surface area contributed by atoms with Crippen LogP contribution in [0.15, 0.2) is 109 Å². The summed E-state index contributed by atoms with van der Waals surface area (Å²) in [5.41, 5.74) is 0. The molecule has 2 aliphatic rings. The molecule has 2 saturated heterocycles. The summed E-state index contributed by atoms with van der Waals surface area (Å²) in [5.74, 6) is -0.393. The van der Waals surface area contributed by atoms with Gasteiger partial charge in [-0.05, 0) is 96.3 Å². The molecule has 0 radical (unpaired) electrons. The summed E-state index contributed by atoms with van der Waals surface area (Å²) in [4.78, 5) is 13.1. The van der Waals surface area contributed by atoms with Gasteiger partial charge in [0, 0.05) is 13.0 Å². The summed E-state index contributed by atoms with van der Waals surface area (Å²) in [6.07, 6.45) is 52.8. The summed E-state index contributed by atoms with van der Waals surface area (Å²) >= 11 is 0. The van der Waals surface area contributed by atoms with Gasteiger partial charge < -0.3 is 64.2 Å². The lowest BCUT2D eigenvalue weighted by Gasteiger charge is -2.42. The third-order valence-electron chi connectivity index (χ3n) is 13.8. The van der Waals surface area contributed by atoms with E-state index in [9.17, 15) is 40.5 Å². The van der Waals surface area contributed by atoms with Crippen LogP contribution in [0.4, 0.5) is 0 Å². The van der Waals surface area contributed by atoms with Gasteiger partial charge in [0.25, 0.3) is 0 Å². The van der Waals surface area contributed by atoms with E-state index in [1.54, 1.807) is 0 Å². The molecule has 2 heterocycles. The normalized spacial score (nSPS) is 24.8. The van der Waals surface area contributed by atoms with Crippen molar-refractivity contribution in [1.82, 2.24) is 0 Å². The van der Waals surface area contributed by atoms with E-state index in [4.69, 9.17) is 28.4 Å². The first-order chi connectivity index (χ1) is 38.6. The van der Waals surface area contributed by atoms with E-state index in [-0.39, 0.29) is 19.6 Å². The van der Waals surface area contributed by atoms with Crippen molar-refractivity contribution in [3.8, 4) is 0 Å². The molecule has 452 valence electrons. The maximum Gasteiger partial charge on any atom is 0.306 e. The van der Waals surface area contributed by atoms with E-state index in [0.717, 1.165) is 122 Å². The van der Waals surface area contributed by atoms with Crippen LogP contribution in [-0.2, 0) is 33.2 Å². The average Bonchev–Trinajstić information content (AvgIpc) is 3.46. The largest absolute Gasteiger partial charge is 0.457 e. The molecule has 0 saturated carbocycles. The number of hydrogen-bond acceptors (Lipinski definition) is 14. The second-order valence-corrected chi connectivity index (χ2v) is 20.8. The van der Waals surface area contributed by atoms with Crippen LogP contribution < -0.4 is 0 Å². The minimum atomic E-state index is -1.72. The Hall–Kier alpha value is -3.35. The molecule has 0 bridgehead atoms. The first-order valence-electron chi connectivity index (χ1n) is 30.5. The fourth-order valence-corrected chi connectivity index (χ4v) is 8.95. The summed E-state index contributed by atoms with van der Waals surface area (Å²) in [6.45, 7) is 3.42. The Morgan fingerprint density at radius 3 is 1.23 bits per heavy atom. The third-order valence-corrected chi connectivity index (χ3v) is 13.8. The molecule has 11 atom stereocenters. The summed E-state index contributed by atoms with van der Waals surface area (Å²) in [6, 6.07) is 0. The van der Waals surface area contributed by atoms with Gasteiger partial charge in [-0.3, -0.25) is 4.79 Å². The van der Waals surface area contributed by atoms with Gasteiger partial charge in [-0.15, -0.1) is 0 Å². The van der Waals surface area contributed by atoms with Gasteiger partial charge >= 0.3 is 5.97 Å². The van der Waals surface area contributed by atoms with Gasteiger partial charge in [0.2, 0.25) is 0 Å². The van der Waals surface area contributed by atoms with Gasteiger partial charge in [0.15, 0.2) is 12.6 Å². The molecule has 2 rings (SSSR count). The molecule has 0 aromatic heterocycles. The lowest BCUT2D eigenvalue weighted by molar-refractivity contribution is -0.332. The highest BCUT2D eigenvalue weighted by Gasteiger charge is 2.47. The van der Waals surface area contributed by atoms with Gasteiger partial charge in [0.05, 0.1) is 26.4 Å². The van der Waals surface area contributed by atoms with Crippen molar-refractivity contribution in [1.29, 1.82) is 0 Å². The molecule has 14 heteroatoms. The highest BCUT2D eigenvalue weighted by molar-refractivity contribution is 5.69. The number of esters is 1. The maximum atomic E-state index is 13.1. The predicted octanol–water partition coefficient (Wildman–Crippen LogP) is 11.5. The first-order valence-corrected chi connectivity index (χ1v) is 30.5. The van der Waals surface area contributed by atoms with Gasteiger partial charge in [0.1, 0.15) is 54.9 Å². The minimum absolute atomic E-state index is 0.0456. The molecule has 2 fully saturated rings. The Kier molecular flexibility index (Phi) is 45.8. The number of hydrogen-bond donors (Lipinski definition) is 7. The van der Waals surface area contributed by atoms with Crippen LogP contribution in [0.2, 0.25) is 0 Å².